The summed E-state index contributed by atoms with van der Waals surface area (Å²) in [5, 5.41) is 3.70. The van der Waals surface area contributed by atoms with E-state index in [0.29, 0.717) is 15.9 Å². The van der Waals surface area contributed by atoms with Crippen LogP contribution in [-0.4, -0.2) is 23.8 Å². The van der Waals surface area contributed by atoms with Crippen molar-refractivity contribution in [2.24, 2.45) is 7.05 Å². The maximum atomic E-state index is 13.6. The van der Waals surface area contributed by atoms with Crippen LogP contribution in [0.25, 0.3) is 11.4 Å². The number of halogens is 2. The summed E-state index contributed by atoms with van der Waals surface area (Å²) in [7, 11) is -0.818. The topological polar surface area (TPSA) is 73.2 Å². The Bertz CT molecular complexity index is 1340. The number of carbonyl (C=O) groups excluding carboxylic acids is 1. The number of nitrogens with one attached hydrogen (secondary N) is 1. The van der Waals surface area contributed by atoms with Crippen LogP contribution in [0.5, 0.6) is 5.75 Å². The first-order valence-corrected chi connectivity index (χ1v) is 15.4. The fraction of sp³-hybridized carbons (Fsp3) is 0.370. The highest BCUT2D eigenvalue weighted by atomic mass is 35.5. The smallest absolute Gasteiger partial charge is 0.295 e. The van der Waals surface area contributed by atoms with E-state index in [-0.39, 0.29) is 23.0 Å². The van der Waals surface area contributed by atoms with E-state index in [1.807, 2.05) is 51.2 Å². The number of benzene rings is 2. The molecule has 0 aliphatic heterocycles. The zero-order valence-electron chi connectivity index (χ0n) is 22.0. The van der Waals surface area contributed by atoms with Crippen molar-refractivity contribution in [2.75, 3.05) is 0 Å². The monoisotopic (exact) mass is 545 g/mol. The first kappa shape index (κ1) is 28.0. The van der Waals surface area contributed by atoms with Crippen molar-refractivity contribution in [3.05, 3.63) is 79.2 Å². The molecule has 0 aliphatic rings. The summed E-state index contributed by atoms with van der Waals surface area (Å²) >= 11 is 12.5. The summed E-state index contributed by atoms with van der Waals surface area (Å²) in [6, 6.07) is 11.1. The van der Waals surface area contributed by atoms with Crippen LogP contribution in [0.15, 0.2) is 41.2 Å². The summed E-state index contributed by atoms with van der Waals surface area (Å²) in [4.78, 5) is 31.7. The number of nitrogens with zero attached hydrogens (tertiary/aromatic N) is 2. The molecule has 0 saturated carbocycles. The highest BCUT2D eigenvalue weighted by Crippen LogP contribution is 2.37. The van der Waals surface area contributed by atoms with E-state index in [0.717, 1.165) is 22.3 Å². The third-order valence-electron chi connectivity index (χ3n) is 6.73. The van der Waals surface area contributed by atoms with Gasteiger partial charge in [-0.2, -0.15) is 0 Å². The Hall–Kier alpha value is -2.61. The number of hydrogen-bond acceptors (Lipinski definition) is 4. The second-order valence-electron chi connectivity index (χ2n) is 10.6. The first-order valence-electron chi connectivity index (χ1n) is 11.7. The predicted octanol–water partition coefficient (Wildman–Crippen LogP) is 6.68. The molecule has 0 unspecified atom stereocenters. The van der Waals surface area contributed by atoms with Crippen LogP contribution in [0, 0.1) is 13.8 Å². The average Bonchev–Trinajstić information content (AvgIpc) is 2.79. The number of aryl methyl sites for hydroxylation is 1. The highest BCUT2D eigenvalue weighted by molar-refractivity contribution is 6.74. The third-order valence-corrected chi connectivity index (χ3v) is 11.8. The molecular formula is C27H33Cl2N3O3Si. The van der Waals surface area contributed by atoms with Crippen molar-refractivity contribution in [2.45, 2.75) is 59.3 Å². The summed E-state index contributed by atoms with van der Waals surface area (Å²) < 4.78 is 7.82. The normalized spacial score (nSPS) is 11.9. The highest BCUT2D eigenvalue weighted by Gasteiger charge is 2.41. The van der Waals surface area contributed by atoms with Crippen LogP contribution >= 0.6 is 23.2 Å². The molecule has 6 nitrogen and oxygen atoms in total. The molecule has 1 heterocycles. The fourth-order valence-corrected chi connectivity index (χ4v) is 4.80. The van der Waals surface area contributed by atoms with Gasteiger partial charge in [-0.15, -0.1) is 0 Å². The molecule has 1 amide bonds. The lowest BCUT2D eigenvalue weighted by Gasteiger charge is -2.36. The molecule has 0 saturated heterocycles. The van der Waals surface area contributed by atoms with Gasteiger partial charge in [0.15, 0.2) is 5.69 Å². The minimum absolute atomic E-state index is 0.0302. The van der Waals surface area contributed by atoms with Crippen LogP contribution < -0.4 is 15.3 Å². The molecule has 0 radical (unpaired) electrons. The largest absolute Gasteiger partial charge is 0.538 e. The SMILES string of the molecule is Cc1ccc(-c2nc(C(=O)NCc3cc(Cl)c(C)c(Cl)c3)c(O[Si](C)(C)C(C)(C)C)c(=O)n2C)cc1. The lowest BCUT2D eigenvalue weighted by Crippen LogP contribution is -2.46. The Morgan fingerprint density at radius 2 is 1.64 bits per heavy atom. The quantitative estimate of drug-likeness (QED) is 0.350. The van der Waals surface area contributed by atoms with Crippen molar-refractivity contribution in [1.29, 1.82) is 0 Å². The predicted molar refractivity (Wildman–Crippen MR) is 150 cm³/mol. The molecule has 9 heteroatoms. The van der Waals surface area contributed by atoms with Crippen molar-refractivity contribution >= 4 is 37.4 Å². The van der Waals surface area contributed by atoms with Gasteiger partial charge in [-0.25, -0.2) is 4.98 Å². The van der Waals surface area contributed by atoms with Crippen LogP contribution in [-0.2, 0) is 13.6 Å². The molecule has 0 bridgehead atoms. The molecule has 0 fully saturated rings. The molecule has 192 valence electrons. The molecule has 1 N–H and O–H groups in total. The summed E-state index contributed by atoms with van der Waals surface area (Å²) in [5.41, 5.74) is 2.87. The van der Waals surface area contributed by atoms with Gasteiger partial charge in [0.1, 0.15) is 5.82 Å². The van der Waals surface area contributed by atoms with E-state index in [4.69, 9.17) is 27.6 Å². The average molecular weight is 547 g/mol. The van der Waals surface area contributed by atoms with Gasteiger partial charge in [-0.05, 0) is 55.2 Å². The van der Waals surface area contributed by atoms with E-state index in [1.54, 1.807) is 19.2 Å². The zero-order chi connectivity index (χ0) is 27.0. The summed E-state index contributed by atoms with van der Waals surface area (Å²) in [6.45, 7) is 14.2. The van der Waals surface area contributed by atoms with Gasteiger partial charge in [-0.1, -0.05) is 73.8 Å². The Morgan fingerprint density at radius 3 is 2.17 bits per heavy atom. The lowest BCUT2D eigenvalue weighted by atomic mass is 10.1. The molecule has 0 atom stereocenters. The van der Waals surface area contributed by atoms with Crippen molar-refractivity contribution < 1.29 is 9.22 Å². The van der Waals surface area contributed by atoms with Crippen molar-refractivity contribution in [1.82, 2.24) is 14.9 Å². The molecule has 0 aliphatic carbocycles. The van der Waals surface area contributed by atoms with Gasteiger partial charge < -0.3 is 9.74 Å². The Labute approximate surface area is 223 Å². The van der Waals surface area contributed by atoms with Gasteiger partial charge in [0, 0.05) is 29.2 Å². The Morgan fingerprint density at radius 1 is 1.08 bits per heavy atom. The number of amides is 1. The van der Waals surface area contributed by atoms with Crippen LogP contribution in [0.3, 0.4) is 0 Å². The zero-order valence-corrected chi connectivity index (χ0v) is 24.6. The van der Waals surface area contributed by atoms with Gasteiger partial charge in [-0.3, -0.25) is 14.2 Å². The molecule has 3 rings (SSSR count). The number of hydrogen-bond donors (Lipinski definition) is 1. The summed E-state index contributed by atoms with van der Waals surface area (Å²) in [6.07, 6.45) is 0. The Balaban J connectivity index is 2.09. The number of rotatable bonds is 6. The van der Waals surface area contributed by atoms with Crippen molar-refractivity contribution in [3.63, 3.8) is 0 Å². The number of carbonyl (C=O) groups is 1. The molecule has 36 heavy (non-hydrogen) atoms. The Kier molecular flexibility index (Phi) is 8.08. The second kappa shape index (κ2) is 10.4. The third kappa shape index (κ3) is 5.85. The van der Waals surface area contributed by atoms with Gasteiger partial charge in [0.2, 0.25) is 5.75 Å². The van der Waals surface area contributed by atoms with Gasteiger partial charge in [0.25, 0.3) is 19.8 Å². The van der Waals surface area contributed by atoms with Crippen molar-refractivity contribution in [3.8, 4) is 17.1 Å². The minimum atomic E-state index is -2.46. The first-order chi connectivity index (χ1) is 16.6. The summed E-state index contributed by atoms with van der Waals surface area (Å²) in [5.74, 6) is -0.158. The second-order valence-corrected chi connectivity index (χ2v) is 16.1. The molecule has 1 aromatic heterocycles. The van der Waals surface area contributed by atoms with E-state index in [1.165, 1.54) is 4.57 Å². The minimum Gasteiger partial charge on any atom is -0.538 e. The van der Waals surface area contributed by atoms with E-state index >= 15 is 0 Å². The molecular weight excluding hydrogens is 513 g/mol. The van der Waals surface area contributed by atoms with E-state index in [9.17, 15) is 9.59 Å². The van der Waals surface area contributed by atoms with Gasteiger partial charge >= 0.3 is 0 Å². The lowest BCUT2D eigenvalue weighted by molar-refractivity contribution is 0.0943. The molecule has 0 spiro atoms. The maximum Gasteiger partial charge on any atom is 0.295 e. The van der Waals surface area contributed by atoms with Crippen LogP contribution in [0.4, 0.5) is 0 Å². The number of aromatic nitrogens is 2. The maximum absolute atomic E-state index is 13.6. The fourth-order valence-electron chi connectivity index (χ4n) is 3.26. The van der Waals surface area contributed by atoms with Crippen LogP contribution in [0.2, 0.25) is 28.2 Å². The van der Waals surface area contributed by atoms with Gasteiger partial charge in [0.05, 0.1) is 0 Å². The molecule has 2 aromatic carbocycles. The van der Waals surface area contributed by atoms with Crippen LogP contribution in [0.1, 0.15) is 48.0 Å². The standard InChI is InChI=1S/C27H33Cl2N3O3Si/c1-16-9-11-19(12-10-16)24-31-22(23(26(34)32(24)6)35-36(7,8)27(3,4)5)25(33)30-15-18-13-20(28)17(2)21(29)14-18/h9-14H,15H2,1-8H3,(H,30,33). The molecule has 3 aromatic rings. The van der Waals surface area contributed by atoms with E-state index in [2.05, 4.69) is 31.1 Å². The van der Waals surface area contributed by atoms with E-state index < -0.39 is 19.8 Å².